The van der Waals surface area contributed by atoms with E-state index in [1.807, 2.05) is 26.4 Å². The van der Waals surface area contributed by atoms with E-state index in [2.05, 4.69) is 46.1 Å². The highest BCUT2D eigenvalue weighted by Gasteiger charge is 2.15. The number of likely N-dealkylation sites (N-methyl/N-ethyl adjacent to an activating group) is 1. The van der Waals surface area contributed by atoms with Gasteiger partial charge in [0.15, 0.2) is 0 Å². The van der Waals surface area contributed by atoms with Gasteiger partial charge in [-0.1, -0.05) is 6.07 Å². The number of aryl methyl sites for hydroxylation is 1. The first kappa shape index (κ1) is 16.7. The Morgan fingerprint density at radius 3 is 2.73 bits per heavy atom. The predicted molar refractivity (Wildman–Crippen MR) is 106 cm³/mol. The largest absolute Gasteiger partial charge is 0.492 e. The third kappa shape index (κ3) is 2.74. The highest BCUT2D eigenvalue weighted by molar-refractivity contribution is 6.22. The highest BCUT2D eigenvalue weighted by atomic mass is 16.5. The first-order valence-corrected chi connectivity index (χ1v) is 8.74. The van der Waals surface area contributed by atoms with Crippen LogP contribution in [0, 0.1) is 6.92 Å². The van der Waals surface area contributed by atoms with Gasteiger partial charge in [-0.15, -0.1) is 0 Å². The Bertz CT molecular complexity index is 1100. The number of ether oxygens (including phenoxy) is 2. The second-order valence-electron chi connectivity index (χ2n) is 6.85. The van der Waals surface area contributed by atoms with Crippen molar-refractivity contribution in [3.8, 4) is 11.6 Å². The standard InChI is InChI=1S/C21H23N3O2/c1-13-12-22-21(25-4)19-18-16-7-6-15(26-10-9-24(2)3)11-14(16)5-8-17(18)23-20(13)19/h5-8,11-12,23H,9-10H2,1-4H3. The Morgan fingerprint density at radius 1 is 1.12 bits per heavy atom. The second kappa shape index (κ2) is 6.50. The summed E-state index contributed by atoms with van der Waals surface area (Å²) in [5.41, 5.74) is 3.27. The van der Waals surface area contributed by atoms with Gasteiger partial charge >= 0.3 is 0 Å². The molecule has 0 atom stereocenters. The molecule has 0 aliphatic rings. The molecule has 4 rings (SSSR count). The minimum atomic E-state index is 0.649. The number of methoxy groups -OCH3 is 1. The number of fused-ring (bicyclic) bond motifs is 5. The zero-order chi connectivity index (χ0) is 18.3. The summed E-state index contributed by atoms with van der Waals surface area (Å²) in [6.07, 6.45) is 1.84. The molecule has 0 radical (unpaired) electrons. The lowest BCUT2D eigenvalue weighted by Crippen LogP contribution is -2.19. The van der Waals surface area contributed by atoms with E-state index in [1.54, 1.807) is 7.11 Å². The van der Waals surface area contributed by atoms with Crippen molar-refractivity contribution < 1.29 is 9.47 Å². The Morgan fingerprint density at radius 2 is 1.96 bits per heavy atom. The Balaban J connectivity index is 1.89. The normalized spacial score (nSPS) is 11.7. The van der Waals surface area contributed by atoms with E-state index in [0.717, 1.165) is 45.0 Å². The zero-order valence-corrected chi connectivity index (χ0v) is 15.6. The van der Waals surface area contributed by atoms with E-state index < -0.39 is 0 Å². The van der Waals surface area contributed by atoms with E-state index in [-0.39, 0.29) is 0 Å². The molecular weight excluding hydrogens is 326 g/mol. The molecule has 0 amide bonds. The lowest BCUT2D eigenvalue weighted by molar-refractivity contribution is 0.261. The van der Waals surface area contributed by atoms with Crippen molar-refractivity contribution in [1.82, 2.24) is 14.9 Å². The van der Waals surface area contributed by atoms with Crippen molar-refractivity contribution in [3.05, 3.63) is 42.1 Å². The Kier molecular flexibility index (Phi) is 4.17. The van der Waals surface area contributed by atoms with E-state index >= 15 is 0 Å². The molecular formula is C21H23N3O2. The van der Waals surface area contributed by atoms with Crippen LogP contribution in [-0.4, -0.2) is 49.2 Å². The number of aromatic amines is 1. The smallest absolute Gasteiger partial charge is 0.223 e. The van der Waals surface area contributed by atoms with Gasteiger partial charge in [0.25, 0.3) is 0 Å². The molecule has 26 heavy (non-hydrogen) atoms. The topological polar surface area (TPSA) is 50.4 Å². The molecule has 0 fully saturated rings. The van der Waals surface area contributed by atoms with Crippen molar-refractivity contribution >= 4 is 32.6 Å². The van der Waals surface area contributed by atoms with Crippen LogP contribution < -0.4 is 9.47 Å². The molecule has 0 bridgehead atoms. The molecule has 0 saturated heterocycles. The van der Waals surface area contributed by atoms with Crippen molar-refractivity contribution in [1.29, 1.82) is 0 Å². The average Bonchev–Trinajstić information content (AvgIpc) is 3.03. The van der Waals surface area contributed by atoms with Gasteiger partial charge in [0.05, 0.1) is 18.0 Å². The highest BCUT2D eigenvalue weighted by Crippen LogP contribution is 2.38. The Labute approximate surface area is 152 Å². The van der Waals surface area contributed by atoms with Gasteiger partial charge in [-0.3, -0.25) is 0 Å². The van der Waals surface area contributed by atoms with Gasteiger partial charge in [-0.05, 0) is 61.6 Å². The summed E-state index contributed by atoms with van der Waals surface area (Å²) in [5.74, 6) is 1.54. The molecule has 2 aromatic heterocycles. The summed E-state index contributed by atoms with van der Waals surface area (Å²) >= 11 is 0. The van der Waals surface area contributed by atoms with Gasteiger partial charge in [0.2, 0.25) is 5.88 Å². The summed E-state index contributed by atoms with van der Waals surface area (Å²) in [4.78, 5) is 10.1. The maximum Gasteiger partial charge on any atom is 0.223 e. The van der Waals surface area contributed by atoms with Gasteiger partial charge < -0.3 is 19.4 Å². The molecule has 5 nitrogen and oxygen atoms in total. The monoisotopic (exact) mass is 349 g/mol. The van der Waals surface area contributed by atoms with Gasteiger partial charge in [0.1, 0.15) is 12.4 Å². The number of H-pyrrole nitrogens is 1. The lowest BCUT2D eigenvalue weighted by Gasteiger charge is -2.11. The van der Waals surface area contributed by atoms with Crippen LogP contribution in [0.3, 0.4) is 0 Å². The zero-order valence-electron chi connectivity index (χ0n) is 15.6. The minimum Gasteiger partial charge on any atom is -0.492 e. The molecule has 1 N–H and O–H groups in total. The molecule has 134 valence electrons. The van der Waals surface area contributed by atoms with Gasteiger partial charge in [0, 0.05) is 23.6 Å². The van der Waals surface area contributed by atoms with Crippen molar-refractivity contribution in [2.45, 2.75) is 6.92 Å². The maximum absolute atomic E-state index is 5.88. The first-order chi connectivity index (χ1) is 12.6. The third-order valence-electron chi connectivity index (χ3n) is 4.74. The van der Waals surface area contributed by atoms with Gasteiger partial charge in [-0.25, -0.2) is 4.98 Å². The molecule has 0 spiro atoms. The van der Waals surface area contributed by atoms with E-state index in [9.17, 15) is 0 Å². The van der Waals surface area contributed by atoms with Gasteiger partial charge in [-0.2, -0.15) is 0 Å². The van der Waals surface area contributed by atoms with Crippen LogP contribution in [0.2, 0.25) is 0 Å². The van der Waals surface area contributed by atoms with Crippen molar-refractivity contribution in [2.75, 3.05) is 34.4 Å². The summed E-state index contributed by atoms with van der Waals surface area (Å²) in [6, 6.07) is 10.5. The van der Waals surface area contributed by atoms with Crippen LogP contribution in [0.5, 0.6) is 11.6 Å². The van der Waals surface area contributed by atoms with Crippen LogP contribution in [0.1, 0.15) is 5.56 Å². The number of rotatable bonds is 5. The number of nitrogens with one attached hydrogen (secondary N) is 1. The maximum atomic E-state index is 5.88. The predicted octanol–water partition coefficient (Wildman–Crippen LogP) is 4.13. The number of hydrogen-bond acceptors (Lipinski definition) is 4. The van der Waals surface area contributed by atoms with E-state index in [0.29, 0.717) is 12.5 Å². The molecule has 5 heteroatoms. The van der Waals surface area contributed by atoms with E-state index in [1.165, 1.54) is 5.39 Å². The summed E-state index contributed by atoms with van der Waals surface area (Å²) in [7, 11) is 5.75. The van der Waals surface area contributed by atoms with Crippen LogP contribution >= 0.6 is 0 Å². The fourth-order valence-corrected chi connectivity index (χ4v) is 3.39. The number of pyridine rings is 1. The fourth-order valence-electron chi connectivity index (χ4n) is 3.39. The first-order valence-electron chi connectivity index (χ1n) is 8.74. The second-order valence-corrected chi connectivity index (χ2v) is 6.85. The fraction of sp³-hybridized carbons (Fsp3) is 0.286. The Hall–Kier alpha value is -2.79. The number of nitrogens with zero attached hydrogens (tertiary/aromatic N) is 2. The van der Waals surface area contributed by atoms with Crippen LogP contribution in [0.25, 0.3) is 32.6 Å². The summed E-state index contributed by atoms with van der Waals surface area (Å²) in [5, 5.41) is 4.49. The molecule has 0 aliphatic heterocycles. The number of benzene rings is 2. The van der Waals surface area contributed by atoms with Crippen molar-refractivity contribution in [2.24, 2.45) is 0 Å². The van der Waals surface area contributed by atoms with Crippen LogP contribution in [0.4, 0.5) is 0 Å². The van der Waals surface area contributed by atoms with Crippen molar-refractivity contribution in [3.63, 3.8) is 0 Å². The number of hydrogen-bond donors (Lipinski definition) is 1. The molecule has 0 saturated carbocycles. The lowest BCUT2D eigenvalue weighted by atomic mass is 10.0. The molecule has 2 heterocycles. The third-order valence-corrected chi connectivity index (χ3v) is 4.74. The molecule has 4 aromatic rings. The summed E-state index contributed by atoms with van der Waals surface area (Å²) in [6.45, 7) is 3.62. The average molecular weight is 349 g/mol. The number of aromatic nitrogens is 2. The molecule has 0 unspecified atom stereocenters. The SMILES string of the molecule is COc1ncc(C)c2[nH]c3ccc4cc(OCCN(C)C)ccc4c3c12. The minimum absolute atomic E-state index is 0.649. The molecule has 0 aliphatic carbocycles. The molecule has 2 aromatic carbocycles. The quantitative estimate of drug-likeness (QED) is 0.589. The summed E-state index contributed by atoms with van der Waals surface area (Å²) < 4.78 is 11.4. The van der Waals surface area contributed by atoms with E-state index in [4.69, 9.17) is 9.47 Å². The van der Waals surface area contributed by atoms with Crippen LogP contribution in [-0.2, 0) is 0 Å². The van der Waals surface area contributed by atoms with Crippen LogP contribution in [0.15, 0.2) is 36.5 Å².